The van der Waals surface area contributed by atoms with Crippen molar-refractivity contribution in [2.45, 2.75) is 51.0 Å². The van der Waals surface area contributed by atoms with E-state index in [2.05, 4.69) is 37.3 Å². The van der Waals surface area contributed by atoms with Gasteiger partial charge in [-0.3, -0.25) is 4.79 Å². The van der Waals surface area contributed by atoms with Gasteiger partial charge in [0.15, 0.2) is 0 Å². The fourth-order valence-electron chi connectivity index (χ4n) is 3.96. The van der Waals surface area contributed by atoms with Gasteiger partial charge in [-0.2, -0.15) is 0 Å². The lowest BCUT2D eigenvalue weighted by atomic mass is 10.1. The molecule has 1 aromatic heterocycles. The maximum Gasteiger partial charge on any atom is 0.223 e. The van der Waals surface area contributed by atoms with Gasteiger partial charge in [-0.25, -0.2) is 0 Å². The zero-order chi connectivity index (χ0) is 16.7. The van der Waals surface area contributed by atoms with Crippen molar-refractivity contribution in [3.05, 3.63) is 59.0 Å². The lowest BCUT2D eigenvalue weighted by Gasteiger charge is -2.25. The van der Waals surface area contributed by atoms with Gasteiger partial charge >= 0.3 is 0 Å². The minimum absolute atomic E-state index is 0.203. The molecule has 126 valence electrons. The summed E-state index contributed by atoms with van der Waals surface area (Å²) < 4.78 is 5.92. The van der Waals surface area contributed by atoms with Gasteiger partial charge in [0.05, 0.1) is 6.04 Å². The minimum Gasteiger partial charge on any atom is -0.466 e. The molecule has 4 rings (SSSR count). The van der Waals surface area contributed by atoms with Crippen LogP contribution in [0.3, 0.4) is 0 Å². The summed E-state index contributed by atoms with van der Waals surface area (Å²) in [6, 6.07) is 12.8. The third-order valence-electron chi connectivity index (χ3n) is 5.70. The molecule has 0 unspecified atom stereocenters. The summed E-state index contributed by atoms with van der Waals surface area (Å²) >= 11 is 0. The summed E-state index contributed by atoms with van der Waals surface area (Å²) in [6.07, 6.45) is 4.54. The van der Waals surface area contributed by atoms with Crippen molar-refractivity contribution >= 4 is 5.91 Å². The maximum atomic E-state index is 12.6. The highest BCUT2D eigenvalue weighted by Crippen LogP contribution is 2.47. The Morgan fingerprint density at radius 2 is 2.04 bits per heavy atom. The van der Waals surface area contributed by atoms with Crippen molar-refractivity contribution in [1.29, 1.82) is 0 Å². The van der Waals surface area contributed by atoms with Crippen LogP contribution in [0.25, 0.3) is 0 Å². The van der Waals surface area contributed by atoms with Gasteiger partial charge in [-0.1, -0.05) is 31.2 Å². The molecule has 0 saturated heterocycles. The van der Waals surface area contributed by atoms with E-state index in [9.17, 15) is 4.79 Å². The van der Waals surface area contributed by atoms with E-state index in [-0.39, 0.29) is 11.9 Å². The van der Waals surface area contributed by atoms with Crippen LogP contribution in [0.4, 0.5) is 0 Å². The van der Waals surface area contributed by atoms with Crippen LogP contribution in [-0.2, 0) is 17.6 Å². The Balaban J connectivity index is 1.35. The van der Waals surface area contributed by atoms with Gasteiger partial charge in [0, 0.05) is 25.8 Å². The molecule has 0 N–H and O–H groups in total. The van der Waals surface area contributed by atoms with Crippen LogP contribution < -0.4 is 0 Å². The van der Waals surface area contributed by atoms with Crippen molar-refractivity contribution < 1.29 is 9.21 Å². The summed E-state index contributed by atoms with van der Waals surface area (Å²) in [6.45, 7) is 2.25. The number of carbonyl (C=O) groups is 1. The average Bonchev–Trinajstić information content (AvgIpc) is 3.03. The van der Waals surface area contributed by atoms with Crippen LogP contribution in [0.2, 0.25) is 0 Å². The molecule has 1 amide bonds. The summed E-state index contributed by atoms with van der Waals surface area (Å²) in [4.78, 5) is 14.5. The second-order valence-electron chi connectivity index (χ2n) is 7.38. The van der Waals surface area contributed by atoms with Crippen molar-refractivity contribution in [1.82, 2.24) is 4.90 Å². The largest absolute Gasteiger partial charge is 0.466 e. The van der Waals surface area contributed by atoms with E-state index >= 15 is 0 Å². The molecule has 3 nitrogen and oxygen atoms in total. The fraction of sp³-hybridized carbons (Fsp3) is 0.476. The van der Waals surface area contributed by atoms with Crippen LogP contribution in [0.15, 0.2) is 40.8 Å². The standard InChI is InChI=1S/C21H25NO2/c1-14-13-18(14)20-11-8-16(24-20)9-12-21(23)22(2)19-10-7-15-5-3-4-6-17(15)19/h3-6,8,11,14,18-19H,7,9-10,12-13H2,1-2H3/t14-,18-,19+/m1/s1. The highest BCUT2D eigenvalue weighted by Gasteiger charge is 2.36. The minimum atomic E-state index is 0.203. The molecular weight excluding hydrogens is 298 g/mol. The van der Waals surface area contributed by atoms with E-state index in [1.54, 1.807) is 0 Å². The third-order valence-corrected chi connectivity index (χ3v) is 5.70. The molecule has 1 fully saturated rings. The number of amides is 1. The predicted molar refractivity (Wildman–Crippen MR) is 93.8 cm³/mol. The summed E-state index contributed by atoms with van der Waals surface area (Å²) in [5, 5.41) is 0. The number of rotatable bonds is 5. The molecular formula is C21H25NO2. The van der Waals surface area contributed by atoms with Gasteiger partial charge in [0.1, 0.15) is 11.5 Å². The first-order valence-corrected chi connectivity index (χ1v) is 9.05. The summed E-state index contributed by atoms with van der Waals surface area (Å²) in [5.41, 5.74) is 2.70. The zero-order valence-electron chi connectivity index (χ0n) is 14.5. The second kappa shape index (κ2) is 6.12. The Kier molecular flexibility index (Phi) is 3.95. The second-order valence-corrected chi connectivity index (χ2v) is 7.38. The molecule has 2 aliphatic rings. The van der Waals surface area contributed by atoms with Crippen molar-refractivity contribution in [3.63, 3.8) is 0 Å². The van der Waals surface area contributed by atoms with Gasteiger partial charge in [-0.05, 0) is 48.4 Å². The van der Waals surface area contributed by atoms with Gasteiger partial charge < -0.3 is 9.32 Å². The Morgan fingerprint density at radius 3 is 2.83 bits per heavy atom. The quantitative estimate of drug-likeness (QED) is 0.813. The lowest BCUT2D eigenvalue weighted by molar-refractivity contribution is -0.132. The molecule has 0 bridgehead atoms. The van der Waals surface area contributed by atoms with E-state index in [0.717, 1.165) is 30.3 Å². The van der Waals surface area contributed by atoms with Crippen molar-refractivity contribution in [2.24, 2.45) is 5.92 Å². The van der Waals surface area contributed by atoms with Gasteiger partial charge in [0.25, 0.3) is 0 Å². The molecule has 1 heterocycles. The number of fused-ring (bicyclic) bond motifs is 1. The molecule has 2 aliphatic carbocycles. The van der Waals surface area contributed by atoms with E-state index < -0.39 is 0 Å². The van der Waals surface area contributed by atoms with E-state index in [0.29, 0.717) is 18.8 Å². The van der Waals surface area contributed by atoms with Crippen LogP contribution in [0.1, 0.15) is 60.8 Å². The topological polar surface area (TPSA) is 33.5 Å². The first kappa shape index (κ1) is 15.5. The monoisotopic (exact) mass is 323 g/mol. The van der Waals surface area contributed by atoms with Crippen molar-refractivity contribution in [3.8, 4) is 0 Å². The Hall–Kier alpha value is -2.03. The Morgan fingerprint density at radius 1 is 1.25 bits per heavy atom. The first-order valence-electron chi connectivity index (χ1n) is 9.05. The number of hydrogen-bond donors (Lipinski definition) is 0. The lowest BCUT2D eigenvalue weighted by Crippen LogP contribution is -2.30. The van der Waals surface area contributed by atoms with E-state index in [1.165, 1.54) is 17.5 Å². The van der Waals surface area contributed by atoms with E-state index in [4.69, 9.17) is 4.42 Å². The number of carbonyl (C=O) groups excluding carboxylic acids is 1. The molecule has 1 aromatic carbocycles. The van der Waals surface area contributed by atoms with Gasteiger partial charge in [0.2, 0.25) is 5.91 Å². The van der Waals surface area contributed by atoms with Crippen LogP contribution in [-0.4, -0.2) is 17.9 Å². The molecule has 3 heteroatoms. The number of benzene rings is 1. The number of hydrogen-bond acceptors (Lipinski definition) is 2. The maximum absolute atomic E-state index is 12.6. The Labute approximate surface area is 143 Å². The summed E-state index contributed by atoms with van der Waals surface area (Å²) in [7, 11) is 1.94. The third kappa shape index (κ3) is 2.88. The smallest absolute Gasteiger partial charge is 0.223 e. The molecule has 3 atom stereocenters. The highest BCUT2D eigenvalue weighted by molar-refractivity contribution is 5.76. The molecule has 2 aromatic rings. The first-order chi connectivity index (χ1) is 11.6. The van der Waals surface area contributed by atoms with Gasteiger partial charge in [-0.15, -0.1) is 0 Å². The predicted octanol–water partition coefficient (Wildman–Crippen LogP) is 4.48. The number of aryl methyl sites for hydroxylation is 2. The van der Waals surface area contributed by atoms with E-state index in [1.807, 2.05) is 18.0 Å². The number of nitrogens with zero attached hydrogens (tertiary/aromatic N) is 1. The average molecular weight is 323 g/mol. The molecule has 24 heavy (non-hydrogen) atoms. The van der Waals surface area contributed by atoms with Crippen LogP contribution in [0, 0.1) is 5.92 Å². The molecule has 1 saturated carbocycles. The molecule has 0 radical (unpaired) electrons. The SMILES string of the molecule is C[C@@H]1C[C@H]1c1ccc(CCC(=O)N(C)[C@H]2CCc3ccccc32)o1. The fourth-order valence-corrected chi connectivity index (χ4v) is 3.96. The zero-order valence-corrected chi connectivity index (χ0v) is 14.5. The Bertz CT molecular complexity index is 748. The normalized spacial score (nSPS) is 24.7. The van der Waals surface area contributed by atoms with Crippen molar-refractivity contribution in [2.75, 3.05) is 7.05 Å². The molecule has 0 aliphatic heterocycles. The summed E-state index contributed by atoms with van der Waals surface area (Å²) in [5.74, 6) is 3.60. The molecule has 0 spiro atoms. The van der Waals surface area contributed by atoms with Crippen LogP contribution >= 0.6 is 0 Å². The highest BCUT2D eigenvalue weighted by atomic mass is 16.3. The van der Waals surface area contributed by atoms with Crippen LogP contribution in [0.5, 0.6) is 0 Å². The number of furan rings is 1.